The van der Waals surface area contributed by atoms with Crippen LogP contribution in [0.2, 0.25) is 5.02 Å². The summed E-state index contributed by atoms with van der Waals surface area (Å²) in [6.45, 7) is 0.669. The molecule has 2 aromatic rings. The third-order valence-electron chi connectivity index (χ3n) is 4.44. The van der Waals surface area contributed by atoms with Gasteiger partial charge in [0.1, 0.15) is 11.8 Å². The highest BCUT2D eigenvalue weighted by Gasteiger charge is 2.35. The lowest BCUT2D eigenvalue weighted by Crippen LogP contribution is -2.58. The van der Waals surface area contributed by atoms with Crippen LogP contribution in [0.15, 0.2) is 48.5 Å². The van der Waals surface area contributed by atoms with Gasteiger partial charge in [-0.15, -0.1) is 0 Å². The number of ether oxygens (including phenoxy) is 1. The van der Waals surface area contributed by atoms with Crippen molar-refractivity contribution in [2.75, 3.05) is 25.5 Å². The van der Waals surface area contributed by atoms with E-state index in [0.29, 0.717) is 35.1 Å². The Labute approximate surface area is 167 Å². The van der Waals surface area contributed by atoms with Crippen LogP contribution in [0.3, 0.4) is 0 Å². The van der Waals surface area contributed by atoms with Crippen molar-refractivity contribution in [3.05, 3.63) is 59.1 Å². The van der Waals surface area contributed by atoms with Crippen molar-refractivity contribution >= 4 is 35.0 Å². The summed E-state index contributed by atoms with van der Waals surface area (Å²) in [7, 11) is 1.56. The lowest BCUT2D eigenvalue weighted by atomic mass is 10.1. The standard InChI is InChI=1S/C20H20ClN3O4/c1-28-16-8-6-15(7-9-16)23-18(25)12-17-19(26)22-10-11-24(17)20(27)13-2-4-14(21)5-3-13/h2-9,17H,10-12H2,1H3,(H,22,26)(H,23,25)/t17-/m0/s1. The van der Waals surface area contributed by atoms with Gasteiger partial charge in [0.05, 0.1) is 13.5 Å². The second kappa shape index (κ2) is 8.75. The molecule has 0 spiro atoms. The number of hydrogen-bond acceptors (Lipinski definition) is 4. The highest BCUT2D eigenvalue weighted by atomic mass is 35.5. The van der Waals surface area contributed by atoms with E-state index >= 15 is 0 Å². The van der Waals surface area contributed by atoms with Gasteiger partial charge in [0.15, 0.2) is 0 Å². The Balaban J connectivity index is 1.71. The molecule has 1 saturated heterocycles. The van der Waals surface area contributed by atoms with Crippen LogP contribution < -0.4 is 15.4 Å². The van der Waals surface area contributed by atoms with Crippen LogP contribution in [0.1, 0.15) is 16.8 Å². The average molecular weight is 402 g/mol. The minimum Gasteiger partial charge on any atom is -0.497 e. The zero-order chi connectivity index (χ0) is 20.1. The van der Waals surface area contributed by atoms with Crippen LogP contribution in [0, 0.1) is 0 Å². The molecule has 0 unspecified atom stereocenters. The molecular weight excluding hydrogens is 382 g/mol. The van der Waals surface area contributed by atoms with Crippen molar-refractivity contribution in [2.45, 2.75) is 12.5 Å². The van der Waals surface area contributed by atoms with Gasteiger partial charge in [0.2, 0.25) is 11.8 Å². The van der Waals surface area contributed by atoms with E-state index < -0.39 is 6.04 Å². The zero-order valence-corrected chi connectivity index (χ0v) is 16.0. The van der Waals surface area contributed by atoms with Crippen molar-refractivity contribution in [1.82, 2.24) is 10.2 Å². The summed E-state index contributed by atoms with van der Waals surface area (Å²) in [6.07, 6.45) is -0.142. The lowest BCUT2D eigenvalue weighted by Gasteiger charge is -2.34. The predicted molar refractivity (Wildman–Crippen MR) is 106 cm³/mol. The third-order valence-corrected chi connectivity index (χ3v) is 4.69. The highest BCUT2D eigenvalue weighted by Crippen LogP contribution is 2.18. The first-order valence-electron chi connectivity index (χ1n) is 8.76. The smallest absolute Gasteiger partial charge is 0.254 e. The van der Waals surface area contributed by atoms with Gasteiger partial charge in [0.25, 0.3) is 5.91 Å². The Hall–Kier alpha value is -3.06. The summed E-state index contributed by atoms with van der Waals surface area (Å²) in [4.78, 5) is 39.1. The highest BCUT2D eigenvalue weighted by molar-refractivity contribution is 6.30. The van der Waals surface area contributed by atoms with Crippen molar-refractivity contribution in [3.63, 3.8) is 0 Å². The first kappa shape index (κ1) is 19.7. The number of amides is 3. The van der Waals surface area contributed by atoms with Gasteiger partial charge in [-0.05, 0) is 48.5 Å². The number of halogens is 1. The molecule has 1 heterocycles. The number of carbonyl (C=O) groups excluding carboxylic acids is 3. The Morgan fingerprint density at radius 2 is 1.86 bits per heavy atom. The van der Waals surface area contributed by atoms with Gasteiger partial charge in [-0.1, -0.05) is 11.6 Å². The molecule has 2 N–H and O–H groups in total. The van der Waals surface area contributed by atoms with Crippen molar-refractivity contribution in [2.24, 2.45) is 0 Å². The van der Waals surface area contributed by atoms with E-state index in [0.717, 1.165) is 0 Å². The van der Waals surface area contributed by atoms with Crippen LogP contribution in [0.4, 0.5) is 5.69 Å². The largest absolute Gasteiger partial charge is 0.497 e. The number of rotatable bonds is 5. The molecular formula is C20H20ClN3O4. The summed E-state index contributed by atoms with van der Waals surface area (Å²) in [5.74, 6) is -0.349. The van der Waals surface area contributed by atoms with Gasteiger partial charge in [-0.2, -0.15) is 0 Å². The molecule has 28 heavy (non-hydrogen) atoms. The van der Waals surface area contributed by atoms with E-state index in [1.54, 1.807) is 55.6 Å². The Morgan fingerprint density at radius 3 is 2.50 bits per heavy atom. The van der Waals surface area contributed by atoms with E-state index in [-0.39, 0.29) is 24.1 Å². The van der Waals surface area contributed by atoms with E-state index in [4.69, 9.17) is 16.3 Å². The number of carbonyl (C=O) groups is 3. The van der Waals surface area contributed by atoms with Gasteiger partial charge >= 0.3 is 0 Å². The molecule has 1 atom stereocenters. The summed E-state index contributed by atoms with van der Waals surface area (Å²) in [5, 5.41) is 5.97. The Kier molecular flexibility index (Phi) is 6.16. The first-order chi connectivity index (χ1) is 13.5. The van der Waals surface area contributed by atoms with Gasteiger partial charge in [-0.25, -0.2) is 0 Å². The van der Waals surface area contributed by atoms with Crippen LogP contribution >= 0.6 is 11.6 Å². The lowest BCUT2D eigenvalue weighted by molar-refractivity contribution is -0.131. The minimum absolute atomic E-state index is 0.142. The fourth-order valence-electron chi connectivity index (χ4n) is 2.98. The Bertz CT molecular complexity index is 868. The van der Waals surface area contributed by atoms with E-state index in [9.17, 15) is 14.4 Å². The van der Waals surface area contributed by atoms with Crippen LogP contribution in [0.25, 0.3) is 0 Å². The molecule has 0 aliphatic carbocycles. The van der Waals surface area contributed by atoms with Crippen molar-refractivity contribution in [3.8, 4) is 5.75 Å². The Morgan fingerprint density at radius 1 is 1.18 bits per heavy atom. The fourth-order valence-corrected chi connectivity index (χ4v) is 3.11. The predicted octanol–water partition coefficient (Wildman–Crippen LogP) is 2.32. The first-order valence-corrected chi connectivity index (χ1v) is 9.14. The number of anilines is 1. The van der Waals surface area contributed by atoms with E-state index in [1.165, 1.54) is 4.90 Å². The third kappa shape index (κ3) is 4.61. The van der Waals surface area contributed by atoms with Crippen LogP contribution in [-0.4, -0.2) is 48.9 Å². The maximum atomic E-state index is 12.8. The molecule has 1 aliphatic heterocycles. The van der Waals surface area contributed by atoms with Crippen LogP contribution in [0.5, 0.6) is 5.75 Å². The molecule has 0 bridgehead atoms. The van der Waals surface area contributed by atoms with E-state index in [2.05, 4.69) is 10.6 Å². The van der Waals surface area contributed by atoms with Crippen LogP contribution in [-0.2, 0) is 9.59 Å². The maximum Gasteiger partial charge on any atom is 0.254 e. The van der Waals surface area contributed by atoms with Gasteiger partial charge in [0, 0.05) is 29.4 Å². The number of nitrogens with one attached hydrogen (secondary N) is 2. The second-order valence-electron chi connectivity index (χ2n) is 6.29. The topological polar surface area (TPSA) is 87.7 Å². The molecule has 1 fully saturated rings. The molecule has 2 aromatic carbocycles. The molecule has 7 nitrogen and oxygen atoms in total. The van der Waals surface area contributed by atoms with Gasteiger partial charge < -0.3 is 20.3 Å². The van der Waals surface area contributed by atoms with Crippen molar-refractivity contribution < 1.29 is 19.1 Å². The number of piperazine rings is 1. The summed E-state index contributed by atoms with van der Waals surface area (Å²) < 4.78 is 5.08. The summed E-state index contributed by atoms with van der Waals surface area (Å²) >= 11 is 5.87. The minimum atomic E-state index is -0.879. The normalized spacial score (nSPS) is 16.3. The SMILES string of the molecule is COc1ccc(NC(=O)C[C@H]2C(=O)NCCN2C(=O)c2ccc(Cl)cc2)cc1. The monoisotopic (exact) mass is 401 g/mol. The molecule has 146 valence electrons. The average Bonchev–Trinajstić information content (AvgIpc) is 2.70. The number of nitrogens with zero attached hydrogens (tertiary/aromatic N) is 1. The fraction of sp³-hybridized carbons (Fsp3) is 0.250. The zero-order valence-electron chi connectivity index (χ0n) is 15.3. The number of benzene rings is 2. The second-order valence-corrected chi connectivity index (χ2v) is 6.73. The summed E-state index contributed by atoms with van der Waals surface area (Å²) in [6, 6.07) is 12.4. The molecule has 3 rings (SSSR count). The molecule has 8 heteroatoms. The maximum absolute atomic E-state index is 12.8. The molecule has 0 aromatic heterocycles. The quantitative estimate of drug-likeness (QED) is 0.804. The molecule has 3 amide bonds. The van der Waals surface area contributed by atoms with E-state index in [1.807, 2.05) is 0 Å². The van der Waals surface area contributed by atoms with Crippen molar-refractivity contribution in [1.29, 1.82) is 0 Å². The van der Waals surface area contributed by atoms with Gasteiger partial charge in [-0.3, -0.25) is 14.4 Å². The molecule has 0 saturated carbocycles. The number of hydrogen-bond donors (Lipinski definition) is 2. The molecule has 0 radical (unpaired) electrons. The molecule has 1 aliphatic rings. The number of methoxy groups -OCH3 is 1. The summed E-state index contributed by atoms with van der Waals surface area (Å²) in [5.41, 5.74) is 0.997.